The van der Waals surface area contributed by atoms with Gasteiger partial charge in [-0.2, -0.15) is 4.98 Å². The Kier molecular flexibility index (Phi) is 3.24. The van der Waals surface area contributed by atoms with Gasteiger partial charge in [0.25, 0.3) is 0 Å². The molecular weight excluding hydrogens is 320 g/mol. The van der Waals surface area contributed by atoms with E-state index in [2.05, 4.69) is 10.1 Å². The highest BCUT2D eigenvalue weighted by Gasteiger charge is 2.59. The van der Waals surface area contributed by atoms with Crippen LogP contribution in [0.25, 0.3) is 0 Å². The van der Waals surface area contributed by atoms with Crippen molar-refractivity contribution in [1.82, 2.24) is 19.9 Å². The van der Waals surface area contributed by atoms with Crippen LogP contribution in [0.1, 0.15) is 43.8 Å². The van der Waals surface area contributed by atoms with Crippen LogP contribution in [0.15, 0.2) is 4.52 Å². The largest absolute Gasteiger partial charge is 0.341 e. The highest BCUT2D eigenvalue weighted by molar-refractivity contribution is 5.82. The van der Waals surface area contributed by atoms with E-state index in [-0.39, 0.29) is 35.0 Å². The molecule has 0 bridgehead atoms. The Hall–Kier alpha value is -1.92. The molecule has 2 atom stereocenters. The summed E-state index contributed by atoms with van der Waals surface area (Å²) in [5.41, 5.74) is -0.384. The molecule has 1 aromatic rings. The first-order valence-electron chi connectivity index (χ1n) is 9.45. The topological polar surface area (TPSA) is 79.5 Å². The highest BCUT2D eigenvalue weighted by atomic mass is 16.5. The van der Waals surface area contributed by atoms with Gasteiger partial charge in [0, 0.05) is 43.9 Å². The molecule has 1 aromatic heterocycles. The molecule has 2 saturated heterocycles. The smallest absolute Gasteiger partial charge is 0.236 e. The number of aromatic nitrogens is 2. The summed E-state index contributed by atoms with van der Waals surface area (Å²) >= 11 is 0. The predicted octanol–water partition coefficient (Wildman–Crippen LogP) is 1.13. The molecule has 4 fully saturated rings. The van der Waals surface area contributed by atoms with E-state index in [9.17, 15) is 9.59 Å². The molecule has 0 spiro atoms. The van der Waals surface area contributed by atoms with Gasteiger partial charge in [0.2, 0.25) is 17.7 Å². The summed E-state index contributed by atoms with van der Waals surface area (Å²) in [6.07, 6.45) is 5.21. The minimum Gasteiger partial charge on any atom is -0.341 e. The minimum absolute atomic E-state index is 0.194. The van der Waals surface area contributed by atoms with Gasteiger partial charge in [-0.1, -0.05) is 11.6 Å². The number of hydrogen-bond donors (Lipinski definition) is 0. The lowest BCUT2D eigenvalue weighted by molar-refractivity contribution is -0.137. The van der Waals surface area contributed by atoms with Crippen LogP contribution < -0.4 is 0 Å². The molecule has 0 N–H and O–H groups in total. The maximum atomic E-state index is 12.7. The van der Waals surface area contributed by atoms with Crippen molar-refractivity contribution < 1.29 is 14.1 Å². The van der Waals surface area contributed by atoms with Crippen LogP contribution in [0.3, 0.4) is 0 Å². The minimum atomic E-state index is -0.384. The summed E-state index contributed by atoms with van der Waals surface area (Å²) in [5, 5.41) is 3.97. The Balaban J connectivity index is 1.43. The van der Waals surface area contributed by atoms with Gasteiger partial charge in [-0.25, -0.2) is 0 Å². The molecular formula is C18H24N4O3. The molecule has 7 heteroatoms. The summed E-state index contributed by atoms with van der Waals surface area (Å²) < 4.78 is 5.55. The van der Waals surface area contributed by atoms with E-state index < -0.39 is 0 Å². The number of carbonyl (C=O) groups is 2. The Morgan fingerprint density at radius 1 is 1.04 bits per heavy atom. The Bertz CT molecular complexity index is 724. The summed E-state index contributed by atoms with van der Waals surface area (Å²) in [5.74, 6) is 2.36. The summed E-state index contributed by atoms with van der Waals surface area (Å²) in [6, 6.07) is 0. The lowest BCUT2D eigenvalue weighted by Gasteiger charge is -2.31. The molecule has 25 heavy (non-hydrogen) atoms. The molecule has 2 saturated carbocycles. The van der Waals surface area contributed by atoms with Crippen LogP contribution in [-0.4, -0.2) is 57.9 Å². The number of rotatable bonds is 3. The van der Waals surface area contributed by atoms with E-state index in [0.29, 0.717) is 37.9 Å². The summed E-state index contributed by atoms with van der Waals surface area (Å²) in [4.78, 5) is 33.8. The van der Waals surface area contributed by atoms with Gasteiger partial charge in [0.05, 0.1) is 5.41 Å². The molecule has 2 amide bonds. The molecule has 0 radical (unpaired) electrons. The lowest BCUT2D eigenvalue weighted by Crippen LogP contribution is -2.44. The third kappa shape index (κ3) is 2.31. The quantitative estimate of drug-likeness (QED) is 0.821. The zero-order chi connectivity index (χ0) is 17.2. The van der Waals surface area contributed by atoms with Crippen LogP contribution in [0.2, 0.25) is 0 Å². The zero-order valence-corrected chi connectivity index (χ0v) is 14.6. The second-order valence-electron chi connectivity index (χ2n) is 8.34. The van der Waals surface area contributed by atoms with E-state index in [4.69, 9.17) is 4.52 Å². The molecule has 0 aromatic carbocycles. The number of aryl methyl sites for hydroxylation is 1. The van der Waals surface area contributed by atoms with Gasteiger partial charge < -0.3 is 14.3 Å². The van der Waals surface area contributed by atoms with Crippen LogP contribution in [0.5, 0.6) is 0 Å². The van der Waals surface area contributed by atoms with Crippen LogP contribution >= 0.6 is 0 Å². The van der Waals surface area contributed by atoms with Crippen LogP contribution in [0, 0.1) is 24.7 Å². The third-order valence-corrected chi connectivity index (χ3v) is 6.57. The molecule has 2 unspecified atom stereocenters. The molecule has 2 aliphatic carbocycles. The molecule has 134 valence electrons. The molecule has 2 aliphatic heterocycles. The first kappa shape index (κ1) is 15.3. The van der Waals surface area contributed by atoms with Crippen molar-refractivity contribution in [2.75, 3.05) is 26.2 Å². The van der Waals surface area contributed by atoms with Gasteiger partial charge in [0.1, 0.15) is 0 Å². The second kappa shape index (κ2) is 5.29. The molecule has 5 rings (SSSR count). The van der Waals surface area contributed by atoms with E-state index >= 15 is 0 Å². The van der Waals surface area contributed by atoms with E-state index in [0.717, 1.165) is 32.1 Å². The standard InChI is InChI=1S/C18H24N4O3/c1-11-19-17(25-20-11)18-9-21(15(23)12-3-2-4-12)7-14(18)8-22(10-18)16(24)13-5-6-13/h12-14H,2-10H2,1H3. The van der Waals surface area contributed by atoms with Gasteiger partial charge in [-0.3, -0.25) is 9.59 Å². The van der Waals surface area contributed by atoms with Crippen molar-refractivity contribution in [1.29, 1.82) is 0 Å². The zero-order valence-electron chi connectivity index (χ0n) is 14.6. The SMILES string of the molecule is Cc1noc(C23CN(C(=O)C4CCC4)CC2CN(C(=O)C2CC2)C3)n1. The third-order valence-electron chi connectivity index (χ3n) is 6.57. The second-order valence-corrected chi connectivity index (χ2v) is 8.34. The average molecular weight is 344 g/mol. The number of hydrogen-bond acceptors (Lipinski definition) is 5. The fourth-order valence-corrected chi connectivity index (χ4v) is 4.70. The first-order valence-corrected chi connectivity index (χ1v) is 9.45. The van der Waals surface area contributed by atoms with Crippen molar-refractivity contribution in [3.05, 3.63) is 11.7 Å². The van der Waals surface area contributed by atoms with E-state index in [1.165, 1.54) is 0 Å². The molecule has 4 aliphatic rings. The van der Waals surface area contributed by atoms with Gasteiger partial charge in [0.15, 0.2) is 5.82 Å². The molecule has 7 nitrogen and oxygen atoms in total. The number of fused-ring (bicyclic) bond motifs is 1. The maximum absolute atomic E-state index is 12.7. The fraction of sp³-hybridized carbons (Fsp3) is 0.778. The average Bonchev–Trinajstić information content (AvgIpc) is 3.02. The molecule has 3 heterocycles. The number of carbonyl (C=O) groups excluding carboxylic acids is 2. The Morgan fingerprint density at radius 2 is 1.64 bits per heavy atom. The van der Waals surface area contributed by atoms with Crippen molar-refractivity contribution in [2.24, 2.45) is 17.8 Å². The summed E-state index contributed by atoms with van der Waals surface area (Å²) in [6.45, 7) is 4.41. The lowest BCUT2D eigenvalue weighted by atomic mass is 9.81. The van der Waals surface area contributed by atoms with Crippen molar-refractivity contribution in [3.63, 3.8) is 0 Å². The van der Waals surface area contributed by atoms with E-state index in [1.54, 1.807) is 0 Å². The number of amides is 2. The van der Waals surface area contributed by atoms with Crippen LogP contribution in [-0.2, 0) is 15.0 Å². The van der Waals surface area contributed by atoms with E-state index in [1.807, 2.05) is 16.7 Å². The van der Waals surface area contributed by atoms with Crippen LogP contribution in [0.4, 0.5) is 0 Å². The summed E-state index contributed by atoms with van der Waals surface area (Å²) in [7, 11) is 0. The van der Waals surface area contributed by atoms with Crippen molar-refractivity contribution >= 4 is 11.8 Å². The Labute approximate surface area is 146 Å². The predicted molar refractivity (Wildman–Crippen MR) is 87.4 cm³/mol. The first-order chi connectivity index (χ1) is 12.1. The fourth-order valence-electron chi connectivity index (χ4n) is 4.70. The highest BCUT2D eigenvalue weighted by Crippen LogP contribution is 2.46. The van der Waals surface area contributed by atoms with Gasteiger partial charge in [-0.15, -0.1) is 0 Å². The Morgan fingerprint density at radius 3 is 2.08 bits per heavy atom. The number of likely N-dealkylation sites (tertiary alicyclic amines) is 2. The maximum Gasteiger partial charge on any atom is 0.236 e. The van der Waals surface area contributed by atoms with Gasteiger partial charge in [-0.05, 0) is 32.6 Å². The monoisotopic (exact) mass is 344 g/mol. The van der Waals surface area contributed by atoms with Gasteiger partial charge >= 0.3 is 0 Å². The number of nitrogens with zero attached hydrogens (tertiary/aromatic N) is 4. The normalized spacial score (nSPS) is 32.0. The van der Waals surface area contributed by atoms with Crippen molar-refractivity contribution in [2.45, 2.75) is 44.4 Å². The van der Waals surface area contributed by atoms with Crippen molar-refractivity contribution in [3.8, 4) is 0 Å².